The lowest BCUT2D eigenvalue weighted by Crippen LogP contribution is -2.31. The molecule has 4 atom stereocenters. The summed E-state index contributed by atoms with van der Waals surface area (Å²) < 4.78 is 0. The van der Waals surface area contributed by atoms with E-state index in [2.05, 4.69) is 29.2 Å². The van der Waals surface area contributed by atoms with Crippen LogP contribution in [0.2, 0.25) is 0 Å². The van der Waals surface area contributed by atoms with Gasteiger partial charge in [0.05, 0.1) is 0 Å². The van der Waals surface area contributed by atoms with E-state index < -0.39 is 0 Å². The van der Waals surface area contributed by atoms with Gasteiger partial charge in [-0.3, -0.25) is 0 Å². The Hall–Kier alpha value is -1.02. The Morgan fingerprint density at radius 3 is 2.80 bits per heavy atom. The largest absolute Gasteiger partial charge is 0.370 e. The molecular formula is C18H26N2. The van der Waals surface area contributed by atoms with Crippen LogP contribution < -0.4 is 10.6 Å². The van der Waals surface area contributed by atoms with Gasteiger partial charge in [-0.05, 0) is 61.6 Å². The van der Waals surface area contributed by atoms with Gasteiger partial charge in [-0.2, -0.15) is 0 Å². The molecule has 4 rings (SSSR count). The first-order valence-corrected chi connectivity index (χ1v) is 8.39. The molecule has 2 heteroatoms. The van der Waals surface area contributed by atoms with E-state index in [0.29, 0.717) is 5.92 Å². The Bertz CT molecular complexity index is 484. The SMILES string of the molecule is NCCC1CN(CC2CC3CCC2C3)c2ccccc21. The van der Waals surface area contributed by atoms with Crippen LogP contribution in [0, 0.1) is 17.8 Å². The van der Waals surface area contributed by atoms with Crippen LogP contribution in [0.1, 0.15) is 43.6 Å². The molecule has 108 valence electrons. The number of benzene rings is 1. The van der Waals surface area contributed by atoms with E-state index in [4.69, 9.17) is 5.73 Å². The van der Waals surface area contributed by atoms with Gasteiger partial charge < -0.3 is 10.6 Å². The first-order valence-electron chi connectivity index (χ1n) is 8.39. The average Bonchev–Trinajstić information content (AvgIpc) is 3.15. The molecule has 20 heavy (non-hydrogen) atoms. The Labute approximate surface area is 122 Å². The number of fused-ring (bicyclic) bond motifs is 3. The Morgan fingerprint density at radius 2 is 2.05 bits per heavy atom. The van der Waals surface area contributed by atoms with Crippen molar-refractivity contribution < 1.29 is 0 Å². The molecule has 0 saturated heterocycles. The topological polar surface area (TPSA) is 29.3 Å². The molecule has 1 aromatic carbocycles. The number of hydrogen-bond acceptors (Lipinski definition) is 2. The van der Waals surface area contributed by atoms with Crippen LogP contribution in [0.5, 0.6) is 0 Å². The van der Waals surface area contributed by atoms with Gasteiger partial charge in [-0.15, -0.1) is 0 Å². The maximum atomic E-state index is 5.81. The molecule has 1 aromatic rings. The fraction of sp³-hybridized carbons (Fsp3) is 0.667. The number of rotatable bonds is 4. The molecule has 1 heterocycles. The molecule has 4 unspecified atom stereocenters. The lowest BCUT2D eigenvalue weighted by Gasteiger charge is -2.29. The summed E-state index contributed by atoms with van der Waals surface area (Å²) in [5.74, 6) is 3.71. The minimum absolute atomic E-state index is 0.662. The molecule has 0 radical (unpaired) electrons. The molecule has 2 fully saturated rings. The van der Waals surface area contributed by atoms with Gasteiger partial charge in [-0.1, -0.05) is 24.6 Å². The van der Waals surface area contributed by atoms with Crippen molar-refractivity contribution >= 4 is 5.69 Å². The van der Waals surface area contributed by atoms with Gasteiger partial charge in [0.2, 0.25) is 0 Å². The van der Waals surface area contributed by atoms with E-state index in [9.17, 15) is 0 Å². The van der Waals surface area contributed by atoms with Crippen LogP contribution >= 0.6 is 0 Å². The predicted octanol–water partition coefficient (Wildman–Crippen LogP) is 3.38. The highest BCUT2D eigenvalue weighted by Crippen LogP contribution is 2.49. The third-order valence-corrected chi connectivity index (χ3v) is 6.01. The van der Waals surface area contributed by atoms with Gasteiger partial charge >= 0.3 is 0 Å². The molecule has 3 aliphatic rings. The quantitative estimate of drug-likeness (QED) is 0.909. The van der Waals surface area contributed by atoms with Crippen molar-refractivity contribution in [1.29, 1.82) is 0 Å². The van der Waals surface area contributed by atoms with Gasteiger partial charge in [0, 0.05) is 24.7 Å². The summed E-state index contributed by atoms with van der Waals surface area (Å²) in [5.41, 5.74) is 8.84. The molecule has 0 aromatic heterocycles. The first-order chi connectivity index (χ1) is 9.85. The summed E-state index contributed by atoms with van der Waals surface area (Å²) in [6, 6.07) is 9.01. The Morgan fingerprint density at radius 1 is 1.15 bits per heavy atom. The predicted molar refractivity (Wildman–Crippen MR) is 84.0 cm³/mol. The second-order valence-electron chi connectivity index (χ2n) is 7.17. The van der Waals surface area contributed by atoms with E-state index in [1.807, 2.05) is 0 Å². The lowest BCUT2D eigenvalue weighted by atomic mass is 9.88. The van der Waals surface area contributed by atoms with Crippen molar-refractivity contribution in [2.45, 2.75) is 38.0 Å². The standard InChI is InChI=1S/C18H26N2/c19-8-7-15-11-20(18-4-2-1-3-17(15)18)12-16-10-13-5-6-14(16)9-13/h1-4,13-16H,5-12,19H2. The highest BCUT2D eigenvalue weighted by molar-refractivity contribution is 5.60. The number of nitrogens with two attached hydrogens (primary N) is 1. The zero-order valence-electron chi connectivity index (χ0n) is 12.3. The zero-order chi connectivity index (χ0) is 13.5. The minimum atomic E-state index is 0.662. The summed E-state index contributed by atoms with van der Waals surface area (Å²) in [7, 11) is 0. The van der Waals surface area contributed by atoms with Gasteiger partial charge in [0.15, 0.2) is 0 Å². The van der Waals surface area contributed by atoms with E-state index in [0.717, 1.165) is 30.7 Å². The first kappa shape index (κ1) is 12.7. The van der Waals surface area contributed by atoms with Crippen molar-refractivity contribution in [2.75, 3.05) is 24.5 Å². The van der Waals surface area contributed by atoms with E-state index in [1.165, 1.54) is 44.5 Å². The van der Waals surface area contributed by atoms with E-state index in [1.54, 1.807) is 5.56 Å². The van der Waals surface area contributed by atoms with Crippen molar-refractivity contribution in [3.05, 3.63) is 29.8 Å². The van der Waals surface area contributed by atoms with Gasteiger partial charge in [0.1, 0.15) is 0 Å². The van der Waals surface area contributed by atoms with E-state index >= 15 is 0 Å². The number of nitrogens with zero attached hydrogens (tertiary/aromatic N) is 1. The summed E-state index contributed by atoms with van der Waals surface area (Å²) >= 11 is 0. The zero-order valence-corrected chi connectivity index (χ0v) is 12.3. The van der Waals surface area contributed by atoms with Crippen LogP contribution in [0.25, 0.3) is 0 Å². The molecular weight excluding hydrogens is 244 g/mol. The summed E-state index contributed by atoms with van der Waals surface area (Å²) in [6.45, 7) is 3.30. The number of para-hydroxylation sites is 1. The van der Waals surface area contributed by atoms with Gasteiger partial charge in [-0.25, -0.2) is 0 Å². The van der Waals surface area contributed by atoms with Crippen molar-refractivity contribution in [3.8, 4) is 0 Å². The van der Waals surface area contributed by atoms with Crippen molar-refractivity contribution in [2.24, 2.45) is 23.5 Å². The summed E-state index contributed by atoms with van der Waals surface area (Å²) in [5, 5.41) is 0. The molecule has 0 spiro atoms. The second kappa shape index (κ2) is 5.07. The molecule has 0 amide bonds. The normalized spacial score (nSPS) is 34.8. The van der Waals surface area contributed by atoms with E-state index in [-0.39, 0.29) is 0 Å². The average molecular weight is 270 g/mol. The Balaban J connectivity index is 1.51. The third-order valence-electron chi connectivity index (χ3n) is 6.01. The molecule has 2 aliphatic carbocycles. The second-order valence-corrected chi connectivity index (χ2v) is 7.17. The third kappa shape index (κ3) is 2.05. The van der Waals surface area contributed by atoms with Crippen molar-refractivity contribution in [1.82, 2.24) is 0 Å². The molecule has 1 aliphatic heterocycles. The fourth-order valence-electron chi connectivity index (χ4n) is 5.09. The smallest absolute Gasteiger partial charge is 0.0402 e. The number of hydrogen-bond donors (Lipinski definition) is 1. The summed E-state index contributed by atoms with van der Waals surface area (Å²) in [6.07, 6.45) is 7.14. The van der Waals surface area contributed by atoms with Crippen LogP contribution in [0.4, 0.5) is 5.69 Å². The molecule has 2 N–H and O–H groups in total. The highest BCUT2D eigenvalue weighted by atomic mass is 15.2. The lowest BCUT2D eigenvalue weighted by molar-refractivity contribution is 0.334. The van der Waals surface area contributed by atoms with Crippen LogP contribution in [-0.4, -0.2) is 19.6 Å². The Kier molecular flexibility index (Phi) is 3.22. The number of anilines is 1. The minimum Gasteiger partial charge on any atom is -0.370 e. The highest BCUT2D eigenvalue weighted by Gasteiger charge is 2.41. The fourth-order valence-corrected chi connectivity index (χ4v) is 5.09. The monoisotopic (exact) mass is 270 g/mol. The molecule has 2 bridgehead atoms. The van der Waals surface area contributed by atoms with Crippen LogP contribution in [0.15, 0.2) is 24.3 Å². The maximum absolute atomic E-state index is 5.81. The van der Waals surface area contributed by atoms with Crippen LogP contribution in [-0.2, 0) is 0 Å². The van der Waals surface area contributed by atoms with Crippen LogP contribution in [0.3, 0.4) is 0 Å². The molecule has 2 nitrogen and oxygen atoms in total. The maximum Gasteiger partial charge on any atom is 0.0402 e. The molecule has 2 saturated carbocycles. The van der Waals surface area contributed by atoms with Crippen molar-refractivity contribution in [3.63, 3.8) is 0 Å². The van der Waals surface area contributed by atoms with Gasteiger partial charge in [0.25, 0.3) is 0 Å². The summed E-state index contributed by atoms with van der Waals surface area (Å²) in [4.78, 5) is 2.67.